The highest BCUT2D eigenvalue weighted by atomic mass is 16.2. The monoisotopic (exact) mass is 388 g/mol. The molecule has 148 valence electrons. The molecule has 1 atom stereocenters. The zero-order valence-electron chi connectivity index (χ0n) is 16.4. The van der Waals surface area contributed by atoms with Crippen LogP contribution in [0.3, 0.4) is 0 Å². The molecule has 29 heavy (non-hydrogen) atoms. The fraction of sp³-hybridized carbons (Fsp3) is 0.273. The van der Waals surface area contributed by atoms with E-state index in [9.17, 15) is 4.79 Å². The number of piperidine rings is 1. The summed E-state index contributed by atoms with van der Waals surface area (Å²) in [4.78, 5) is 30.3. The number of aromatic nitrogens is 4. The lowest BCUT2D eigenvalue weighted by Crippen LogP contribution is -2.38. The van der Waals surface area contributed by atoms with Gasteiger partial charge in [0.05, 0.1) is 18.2 Å². The minimum absolute atomic E-state index is 0.0284. The predicted molar refractivity (Wildman–Crippen MR) is 113 cm³/mol. The summed E-state index contributed by atoms with van der Waals surface area (Å²) in [6, 6.07) is 9.95. The number of carbonyl (C=O) groups is 1. The van der Waals surface area contributed by atoms with E-state index in [0.717, 1.165) is 42.4 Å². The van der Waals surface area contributed by atoms with Crippen molar-refractivity contribution in [2.24, 2.45) is 0 Å². The topological polar surface area (TPSA) is 86.8 Å². The SMILES string of the molecule is Cc1cccc(Nc2cc([C@H]3CCCN(C(=O)/C=C/c4cnc[nH]4)C3)ccn2)n1. The lowest BCUT2D eigenvalue weighted by molar-refractivity contribution is -0.127. The van der Waals surface area contributed by atoms with Crippen LogP contribution < -0.4 is 5.32 Å². The molecule has 7 heteroatoms. The van der Waals surface area contributed by atoms with Gasteiger partial charge in [-0.25, -0.2) is 15.0 Å². The zero-order chi connectivity index (χ0) is 20.1. The molecule has 3 aromatic rings. The van der Waals surface area contributed by atoms with Crippen molar-refractivity contribution in [1.82, 2.24) is 24.8 Å². The van der Waals surface area contributed by atoms with Crippen LogP contribution in [-0.4, -0.2) is 43.8 Å². The zero-order valence-corrected chi connectivity index (χ0v) is 16.4. The first kappa shape index (κ1) is 18.9. The molecule has 0 saturated carbocycles. The molecule has 0 spiro atoms. The maximum absolute atomic E-state index is 12.6. The van der Waals surface area contributed by atoms with Crippen LogP contribution in [0.15, 0.2) is 55.1 Å². The molecule has 0 aliphatic carbocycles. The molecule has 0 bridgehead atoms. The van der Waals surface area contributed by atoms with Crippen LogP contribution in [0.1, 0.15) is 35.7 Å². The molecule has 1 saturated heterocycles. The maximum Gasteiger partial charge on any atom is 0.246 e. The molecule has 4 heterocycles. The van der Waals surface area contributed by atoms with E-state index in [1.165, 1.54) is 5.56 Å². The maximum atomic E-state index is 12.6. The van der Waals surface area contributed by atoms with E-state index in [0.29, 0.717) is 12.5 Å². The van der Waals surface area contributed by atoms with E-state index in [-0.39, 0.29) is 5.91 Å². The van der Waals surface area contributed by atoms with E-state index >= 15 is 0 Å². The first-order valence-electron chi connectivity index (χ1n) is 9.79. The molecule has 0 aromatic carbocycles. The van der Waals surface area contributed by atoms with Crippen molar-refractivity contribution in [3.8, 4) is 0 Å². The van der Waals surface area contributed by atoms with Crippen molar-refractivity contribution in [2.45, 2.75) is 25.7 Å². The Morgan fingerprint density at radius 2 is 2.24 bits per heavy atom. The van der Waals surface area contributed by atoms with Gasteiger partial charge in [-0.05, 0) is 55.7 Å². The van der Waals surface area contributed by atoms with Gasteiger partial charge in [0, 0.05) is 37.0 Å². The third kappa shape index (κ3) is 4.87. The molecular formula is C22H24N6O. The number of pyridine rings is 2. The van der Waals surface area contributed by atoms with Crippen LogP contribution in [-0.2, 0) is 4.79 Å². The van der Waals surface area contributed by atoms with Crippen LogP contribution in [0.25, 0.3) is 6.08 Å². The van der Waals surface area contributed by atoms with Crippen LogP contribution in [0, 0.1) is 6.92 Å². The number of rotatable bonds is 5. The molecule has 1 aliphatic rings. The number of hydrogen-bond donors (Lipinski definition) is 2. The molecule has 4 rings (SSSR count). The van der Waals surface area contributed by atoms with Gasteiger partial charge in [-0.2, -0.15) is 0 Å². The van der Waals surface area contributed by atoms with Gasteiger partial charge in [0.15, 0.2) is 0 Å². The third-order valence-corrected chi connectivity index (χ3v) is 5.06. The van der Waals surface area contributed by atoms with Gasteiger partial charge in [0.25, 0.3) is 0 Å². The Kier molecular flexibility index (Phi) is 5.65. The first-order chi connectivity index (χ1) is 14.2. The van der Waals surface area contributed by atoms with Crippen molar-refractivity contribution in [3.63, 3.8) is 0 Å². The van der Waals surface area contributed by atoms with Crippen molar-refractivity contribution in [1.29, 1.82) is 0 Å². The quantitative estimate of drug-likeness (QED) is 0.651. The number of hydrogen-bond acceptors (Lipinski definition) is 5. The summed E-state index contributed by atoms with van der Waals surface area (Å²) in [5.74, 6) is 1.87. The van der Waals surface area contributed by atoms with E-state index in [2.05, 4.69) is 31.3 Å². The predicted octanol–water partition coefficient (Wildman–Crippen LogP) is 3.67. The van der Waals surface area contributed by atoms with Gasteiger partial charge >= 0.3 is 0 Å². The number of nitrogens with zero attached hydrogens (tertiary/aromatic N) is 4. The first-order valence-corrected chi connectivity index (χ1v) is 9.79. The molecule has 1 aliphatic heterocycles. The number of H-pyrrole nitrogens is 1. The average molecular weight is 388 g/mol. The minimum atomic E-state index is 0.0284. The molecule has 0 unspecified atom stereocenters. The standard InChI is InChI=1S/C22H24N6O/c1-16-4-2-6-20(26-16)27-21-12-17(9-10-24-21)18-5-3-11-28(14-18)22(29)8-7-19-13-23-15-25-19/h2,4,6-10,12-13,15,18H,3,5,11,14H2,1H3,(H,23,25)(H,24,26,27)/b8-7+/t18-/m0/s1. The largest absolute Gasteiger partial charge is 0.345 e. The Bertz CT molecular complexity index is 998. The fourth-order valence-electron chi connectivity index (χ4n) is 3.59. The van der Waals surface area contributed by atoms with Gasteiger partial charge in [-0.15, -0.1) is 0 Å². The van der Waals surface area contributed by atoms with E-state index in [1.807, 2.05) is 42.3 Å². The van der Waals surface area contributed by atoms with Gasteiger partial charge in [0.1, 0.15) is 11.6 Å². The summed E-state index contributed by atoms with van der Waals surface area (Å²) >= 11 is 0. The molecule has 7 nitrogen and oxygen atoms in total. The Hall–Kier alpha value is -3.48. The highest BCUT2D eigenvalue weighted by Gasteiger charge is 2.24. The Morgan fingerprint density at radius 3 is 3.07 bits per heavy atom. The van der Waals surface area contributed by atoms with Crippen molar-refractivity contribution >= 4 is 23.6 Å². The summed E-state index contributed by atoms with van der Waals surface area (Å²) in [5.41, 5.74) is 2.96. The summed E-state index contributed by atoms with van der Waals surface area (Å²) in [5, 5.41) is 3.27. The molecular weight excluding hydrogens is 364 g/mol. The Morgan fingerprint density at radius 1 is 1.31 bits per heavy atom. The second kappa shape index (κ2) is 8.68. The lowest BCUT2D eigenvalue weighted by atomic mass is 9.91. The number of carbonyl (C=O) groups excluding carboxylic acids is 1. The Balaban J connectivity index is 1.43. The molecule has 0 radical (unpaired) electrons. The van der Waals surface area contributed by atoms with Gasteiger partial charge in [-0.3, -0.25) is 4.79 Å². The van der Waals surface area contributed by atoms with Crippen molar-refractivity contribution in [3.05, 3.63) is 72.1 Å². The molecule has 3 aromatic heterocycles. The number of imidazole rings is 1. The fourth-order valence-corrected chi connectivity index (χ4v) is 3.59. The van der Waals surface area contributed by atoms with Crippen LogP contribution in [0.4, 0.5) is 11.6 Å². The van der Waals surface area contributed by atoms with Crippen LogP contribution in [0.5, 0.6) is 0 Å². The smallest absolute Gasteiger partial charge is 0.246 e. The van der Waals surface area contributed by atoms with Crippen LogP contribution >= 0.6 is 0 Å². The van der Waals surface area contributed by atoms with E-state index in [1.54, 1.807) is 24.7 Å². The number of aryl methyl sites for hydroxylation is 1. The third-order valence-electron chi connectivity index (χ3n) is 5.06. The van der Waals surface area contributed by atoms with Gasteiger partial charge in [0.2, 0.25) is 5.91 Å². The second-order valence-corrected chi connectivity index (χ2v) is 7.23. The van der Waals surface area contributed by atoms with Crippen LogP contribution in [0.2, 0.25) is 0 Å². The average Bonchev–Trinajstić information content (AvgIpc) is 3.26. The number of nitrogens with one attached hydrogen (secondary N) is 2. The summed E-state index contributed by atoms with van der Waals surface area (Å²) in [6.07, 6.45) is 10.5. The number of anilines is 2. The van der Waals surface area contributed by atoms with Gasteiger partial charge < -0.3 is 15.2 Å². The highest BCUT2D eigenvalue weighted by Crippen LogP contribution is 2.28. The van der Waals surface area contributed by atoms with Crippen molar-refractivity contribution < 1.29 is 4.79 Å². The number of amides is 1. The van der Waals surface area contributed by atoms with Crippen molar-refractivity contribution in [2.75, 3.05) is 18.4 Å². The lowest BCUT2D eigenvalue weighted by Gasteiger charge is -2.32. The Labute approximate surface area is 169 Å². The second-order valence-electron chi connectivity index (χ2n) is 7.23. The molecule has 1 amide bonds. The minimum Gasteiger partial charge on any atom is -0.345 e. The van der Waals surface area contributed by atoms with E-state index in [4.69, 9.17) is 0 Å². The summed E-state index contributed by atoms with van der Waals surface area (Å²) < 4.78 is 0. The highest BCUT2D eigenvalue weighted by molar-refractivity contribution is 5.91. The summed E-state index contributed by atoms with van der Waals surface area (Å²) in [7, 11) is 0. The normalized spacial score (nSPS) is 16.9. The number of likely N-dealkylation sites (tertiary alicyclic amines) is 1. The van der Waals surface area contributed by atoms with E-state index < -0.39 is 0 Å². The molecule has 2 N–H and O–H groups in total. The molecule has 1 fully saturated rings. The number of aromatic amines is 1. The van der Waals surface area contributed by atoms with Gasteiger partial charge in [-0.1, -0.05) is 6.07 Å². The summed E-state index contributed by atoms with van der Waals surface area (Å²) in [6.45, 7) is 3.45.